The molecule has 0 N–H and O–H groups in total. The minimum absolute atomic E-state index is 0.362. The molecule has 7 nitrogen and oxygen atoms in total. The van der Waals surface area contributed by atoms with E-state index in [-0.39, 0.29) is 11.8 Å². The van der Waals surface area contributed by atoms with Crippen LogP contribution in [-0.2, 0) is 4.79 Å². The van der Waals surface area contributed by atoms with Crippen LogP contribution in [0.5, 0.6) is 0 Å². The van der Waals surface area contributed by atoms with Gasteiger partial charge in [-0.15, -0.1) is 0 Å². The van der Waals surface area contributed by atoms with Gasteiger partial charge in [-0.05, 0) is 29.7 Å². The Kier molecular flexibility index (Phi) is 4.89. The Morgan fingerprint density at radius 1 is 0.742 bits per heavy atom. The van der Waals surface area contributed by atoms with Crippen LogP contribution in [0.2, 0.25) is 0 Å². The number of hydrogen-bond acceptors (Lipinski definition) is 5. The maximum absolute atomic E-state index is 13.6. The Morgan fingerprint density at radius 3 is 1.77 bits per heavy atom. The lowest BCUT2D eigenvalue weighted by atomic mass is 9.93. The third-order valence-corrected chi connectivity index (χ3v) is 5.59. The monoisotopic (exact) mass is 416 g/mol. The summed E-state index contributed by atoms with van der Waals surface area (Å²) in [5.41, 5.74) is 3.51. The number of carbonyl (C=O) groups excluding carboxylic acids is 3. The molecule has 0 unspecified atom stereocenters. The zero-order chi connectivity index (χ0) is 22.4. The summed E-state index contributed by atoms with van der Waals surface area (Å²) in [5, 5.41) is 1.55. The first-order valence-electron chi connectivity index (χ1n) is 9.87. The maximum Gasteiger partial charge on any atom is 0.266 e. The van der Waals surface area contributed by atoms with E-state index in [2.05, 4.69) is 0 Å². The molecule has 1 aliphatic rings. The zero-order valence-electron chi connectivity index (χ0n) is 18.2. The lowest BCUT2D eigenvalue weighted by Crippen LogP contribution is -2.41. The van der Waals surface area contributed by atoms with Crippen molar-refractivity contribution in [3.8, 4) is 0 Å². The van der Waals surface area contributed by atoms with E-state index in [0.29, 0.717) is 39.3 Å². The highest BCUT2D eigenvalue weighted by atomic mass is 16.2. The van der Waals surface area contributed by atoms with Gasteiger partial charge in [-0.2, -0.15) is 0 Å². The van der Waals surface area contributed by atoms with Gasteiger partial charge in [0.1, 0.15) is 0 Å². The van der Waals surface area contributed by atoms with Gasteiger partial charge in [0.15, 0.2) is 0 Å². The molecule has 0 saturated heterocycles. The van der Waals surface area contributed by atoms with E-state index in [1.807, 2.05) is 68.3 Å². The molecule has 7 heteroatoms. The summed E-state index contributed by atoms with van der Waals surface area (Å²) in [4.78, 5) is 45.0. The summed E-state index contributed by atoms with van der Waals surface area (Å²) >= 11 is 0. The fourth-order valence-electron chi connectivity index (χ4n) is 4.04. The van der Waals surface area contributed by atoms with Crippen LogP contribution in [0.15, 0.2) is 48.5 Å². The molecule has 0 aromatic heterocycles. The van der Waals surface area contributed by atoms with Crippen molar-refractivity contribution in [2.75, 3.05) is 54.8 Å². The van der Waals surface area contributed by atoms with Crippen molar-refractivity contribution in [3.63, 3.8) is 0 Å². The molecule has 158 valence electrons. The molecule has 3 aromatic rings. The molecule has 0 saturated carbocycles. The summed E-state index contributed by atoms with van der Waals surface area (Å²) in [6, 6.07) is 14.6. The fourth-order valence-corrected chi connectivity index (χ4v) is 4.04. The minimum atomic E-state index is -0.362. The second-order valence-corrected chi connectivity index (χ2v) is 7.99. The molecule has 3 amide bonds. The van der Waals surface area contributed by atoms with Crippen LogP contribution in [0, 0.1) is 0 Å². The molecule has 1 heterocycles. The number of nitrogens with zero attached hydrogens (tertiary/aromatic N) is 4. The van der Waals surface area contributed by atoms with Crippen molar-refractivity contribution in [2.45, 2.75) is 0 Å². The topological polar surface area (TPSA) is 64.2 Å². The second kappa shape index (κ2) is 7.43. The molecule has 0 spiro atoms. The summed E-state index contributed by atoms with van der Waals surface area (Å²) in [6.07, 6.45) is 0.732. The summed E-state index contributed by atoms with van der Waals surface area (Å²) in [5.74, 6) is -0.725. The van der Waals surface area contributed by atoms with E-state index in [1.54, 1.807) is 25.2 Å². The standard InChI is InChI=1S/C24H24N4O3/c1-25(2)18-13-21(19(26(3)4)12-20(18)27(5)14-29)28-23(30)16-10-6-8-15-9-7-11-17(22(15)16)24(28)31/h6-14H,1-5H3. The lowest BCUT2D eigenvalue weighted by Gasteiger charge is -2.32. The number of amides is 3. The summed E-state index contributed by atoms with van der Waals surface area (Å²) in [7, 11) is 9.06. The smallest absolute Gasteiger partial charge is 0.266 e. The highest BCUT2D eigenvalue weighted by molar-refractivity contribution is 6.36. The van der Waals surface area contributed by atoms with Crippen molar-refractivity contribution < 1.29 is 14.4 Å². The zero-order valence-corrected chi connectivity index (χ0v) is 18.2. The van der Waals surface area contributed by atoms with Gasteiger partial charge in [-0.3, -0.25) is 14.4 Å². The van der Waals surface area contributed by atoms with Gasteiger partial charge >= 0.3 is 0 Å². The van der Waals surface area contributed by atoms with E-state index in [4.69, 9.17) is 0 Å². The average Bonchev–Trinajstić information content (AvgIpc) is 2.76. The number of benzene rings is 3. The van der Waals surface area contributed by atoms with E-state index < -0.39 is 0 Å². The van der Waals surface area contributed by atoms with Gasteiger partial charge in [0.2, 0.25) is 6.41 Å². The highest BCUT2D eigenvalue weighted by Crippen LogP contribution is 2.42. The quantitative estimate of drug-likeness (QED) is 0.471. The molecular formula is C24H24N4O3. The van der Waals surface area contributed by atoms with Crippen molar-refractivity contribution in [2.24, 2.45) is 0 Å². The van der Waals surface area contributed by atoms with E-state index in [0.717, 1.165) is 11.8 Å². The third kappa shape index (κ3) is 3.09. The van der Waals surface area contributed by atoms with Crippen LogP contribution in [-0.4, -0.2) is 53.5 Å². The number of rotatable bonds is 5. The number of hydrogen-bond donors (Lipinski definition) is 0. The average molecular weight is 416 g/mol. The van der Waals surface area contributed by atoms with E-state index >= 15 is 0 Å². The normalized spacial score (nSPS) is 12.9. The number of anilines is 4. The van der Waals surface area contributed by atoms with Crippen LogP contribution >= 0.6 is 0 Å². The Hall–Kier alpha value is -3.87. The predicted octanol–water partition coefficient (Wildman–Crippen LogP) is 3.37. The van der Waals surface area contributed by atoms with Gasteiger partial charge in [-0.25, -0.2) is 4.90 Å². The van der Waals surface area contributed by atoms with Crippen LogP contribution in [0.25, 0.3) is 10.8 Å². The number of imide groups is 1. The van der Waals surface area contributed by atoms with Gasteiger partial charge in [0.05, 0.1) is 22.7 Å². The van der Waals surface area contributed by atoms with Crippen LogP contribution in [0.1, 0.15) is 20.7 Å². The molecule has 3 aromatic carbocycles. The molecule has 0 bridgehead atoms. The van der Waals surface area contributed by atoms with Crippen molar-refractivity contribution in [1.82, 2.24) is 0 Å². The molecule has 31 heavy (non-hydrogen) atoms. The van der Waals surface area contributed by atoms with Crippen LogP contribution in [0.3, 0.4) is 0 Å². The fraction of sp³-hybridized carbons (Fsp3) is 0.208. The van der Waals surface area contributed by atoms with Gasteiger partial charge < -0.3 is 14.7 Å². The van der Waals surface area contributed by atoms with Gasteiger partial charge in [0, 0.05) is 51.8 Å². The van der Waals surface area contributed by atoms with Crippen molar-refractivity contribution >= 4 is 51.7 Å². The number of carbonyl (C=O) groups is 3. The SMILES string of the molecule is CN(C)c1cc(N2C(=O)c3cccc4cccc(c34)C2=O)c(N(C)C)cc1N(C)C=O. The second-order valence-electron chi connectivity index (χ2n) is 7.99. The highest BCUT2D eigenvalue weighted by Gasteiger charge is 2.36. The Labute approximate surface area is 181 Å². The molecule has 1 aliphatic heterocycles. The first kappa shape index (κ1) is 20.4. The molecule has 0 atom stereocenters. The van der Waals surface area contributed by atoms with Gasteiger partial charge in [0.25, 0.3) is 11.8 Å². The molecule has 4 rings (SSSR count). The van der Waals surface area contributed by atoms with Crippen molar-refractivity contribution in [1.29, 1.82) is 0 Å². The Balaban J connectivity index is 1.99. The summed E-state index contributed by atoms with van der Waals surface area (Å²) in [6.45, 7) is 0. The Morgan fingerprint density at radius 2 is 1.29 bits per heavy atom. The third-order valence-electron chi connectivity index (χ3n) is 5.59. The molecule has 0 aliphatic carbocycles. The first-order valence-corrected chi connectivity index (χ1v) is 9.87. The minimum Gasteiger partial charge on any atom is -0.376 e. The largest absolute Gasteiger partial charge is 0.376 e. The van der Waals surface area contributed by atoms with E-state index in [1.165, 1.54) is 9.80 Å². The first-order chi connectivity index (χ1) is 14.8. The Bertz CT molecular complexity index is 1180. The van der Waals surface area contributed by atoms with E-state index in [9.17, 15) is 14.4 Å². The predicted molar refractivity (Wildman–Crippen MR) is 125 cm³/mol. The maximum atomic E-state index is 13.6. The van der Waals surface area contributed by atoms with Crippen LogP contribution in [0.4, 0.5) is 22.7 Å². The lowest BCUT2D eigenvalue weighted by molar-refractivity contribution is -0.107. The summed E-state index contributed by atoms with van der Waals surface area (Å²) < 4.78 is 0. The van der Waals surface area contributed by atoms with Gasteiger partial charge in [-0.1, -0.05) is 24.3 Å². The van der Waals surface area contributed by atoms with Crippen molar-refractivity contribution in [3.05, 3.63) is 59.7 Å². The molecule has 0 fully saturated rings. The van der Waals surface area contributed by atoms with Crippen LogP contribution < -0.4 is 19.6 Å². The molecule has 0 radical (unpaired) electrons. The molecular weight excluding hydrogens is 392 g/mol.